The molecule has 2 amide bonds. The second-order valence-corrected chi connectivity index (χ2v) is 7.31. The van der Waals surface area contributed by atoms with Gasteiger partial charge in [0.25, 0.3) is 0 Å². The maximum Gasteiger partial charge on any atom is 0.406 e. The summed E-state index contributed by atoms with van der Waals surface area (Å²) < 4.78 is 53.6. The molecule has 1 fully saturated rings. The minimum atomic E-state index is -4.59. The number of halogens is 5. The Kier molecular flexibility index (Phi) is 4.10. The monoisotopic (exact) mass is 398 g/mol. The molecule has 1 saturated carbocycles. The number of hydrogen-bond donors (Lipinski definition) is 1. The van der Waals surface area contributed by atoms with Crippen LogP contribution in [-0.2, 0) is 5.54 Å². The first-order chi connectivity index (χ1) is 12.7. The number of amides is 2. The van der Waals surface area contributed by atoms with Crippen molar-refractivity contribution in [1.29, 1.82) is 0 Å². The van der Waals surface area contributed by atoms with Gasteiger partial charge in [-0.15, -0.1) is 0 Å². The van der Waals surface area contributed by atoms with E-state index in [4.69, 9.17) is 11.6 Å². The average molecular weight is 399 g/mol. The second kappa shape index (κ2) is 6.12. The Morgan fingerprint density at radius 3 is 2.41 bits per heavy atom. The van der Waals surface area contributed by atoms with Crippen molar-refractivity contribution in [2.24, 2.45) is 5.92 Å². The number of carbonyl (C=O) groups is 1. The van der Waals surface area contributed by atoms with Gasteiger partial charge in [-0.3, -0.25) is 0 Å². The first kappa shape index (κ1) is 18.1. The molecular formula is C19H15ClF4N2O. The molecule has 8 heteroatoms. The zero-order valence-electron chi connectivity index (χ0n) is 14.0. The van der Waals surface area contributed by atoms with Crippen molar-refractivity contribution in [1.82, 2.24) is 4.90 Å². The highest BCUT2D eigenvalue weighted by Gasteiger charge is 2.58. The number of alkyl halides is 3. The highest BCUT2D eigenvalue weighted by atomic mass is 35.5. The molecule has 27 heavy (non-hydrogen) atoms. The molecule has 0 bridgehead atoms. The van der Waals surface area contributed by atoms with Crippen LogP contribution in [0.2, 0.25) is 5.02 Å². The Morgan fingerprint density at radius 2 is 1.81 bits per heavy atom. The molecule has 1 aliphatic carbocycles. The van der Waals surface area contributed by atoms with Crippen LogP contribution in [-0.4, -0.2) is 23.7 Å². The van der Waals surface area contributed by atoms with Gasteiger partial charge in [0.15, 0.2) is 0 Å². The number of benzene rings is 2. The molecular weight excluding hydrogens is 384 g/mol. The summed E-state index contributed by atoms with van der Waals surface area (Å²) in [7, 11) is 0. The Bertz CT molecular complexity index is 896. The molecule has 4 rings (SSSR count). The molecule has 0 radical (unpaired) electrons. The average Bonchev–Trinajstić information content (AvgIpc) is 3.42. The van der Waals surface area contributed by atoms with Crippen LogP contribution in [0, 0.1) is 11.7 Å². The van der Waals surface area contributed by atoms with E-state index in [1.807, 2.05) is 0 Å². The summed E-state index contributed by atoms with van der Waals surface area (Å²) >= 11 is 6.15. The summed E-state index contributed by atoms with van der Waals surface area (Å²) in [4.78, 5) is 13.5. The summed E-state index contributed by atoms with van der Waals surface area (Å²) in [5, 5.41) is 2.88. The van der Waals surface area contributed by atoms with Gasteiger partial charge in [-0.2, -0.15) is 13.2 Å². The normalized spacial score (nSPS) is 22.4. The molecule has 0 aromatic heterocycles. The van der Waals surface area contributed by atoms with E-state index in [1.165, 1.54) is 24.3 Å². The highest BCUT2D eigenvalue weighted by Crippen LogP contribution is 2.57. The zero-order chi connectivity index (χ0) is 19.4. The molecule has 3 nitrogen and oxygen atoms in total. The fourth-order valence-electron chi connectivity index (χ4n) is 4.00. The van der Waals surface area contributed by atoms with Gasteiger partial charge >= 0.3 is 12.2 Å². The SMILES string of the molecule is O=C1Nc2ccc(Cl)cc2C(c2ccc(F)cc2)(C2CC2)N1CC(F)(F)F. The topological polar surface area (TPSA) is 32.3 Å². The molecule has 142 valence electrons. The Labute approximate surface area is 157 Å². The van der Waals surface area contributed by atoms with E-state index in [9.17, 15) is 22.4 Å². The van der Waals surface area contributed by atoms with Gasteiger partial charge in [0.2, 0.25) is 0 Å². The van der Waals surface area contributed by atoms with E-state index >= 15 is 0 Å². The molecule has 0 saturated heterocycles. The molecule has 1 heterocycles. The van der Waals surface area contributed by atoms with Gasteiger partial charge in [0.1, 0.15) is 17.9 Å². The molecule has 0 spiro atoms. The van der Waals surface area contributed by atoms with E-state index < -0.39 is 30.1 Å². The molecule has 1 atom stereocenters. The van der Waals surface area contributed by atoms with E-state index in [1.54, 1.807) is 18.2 Å². The van der Waals surface area contributed by atoms with E-state index in [0.717, 1.165) is 4.90 Å². The lowest BCUT2D eigenvalue weighted by molar-refractivity contribution is -0.149. The van der Waals surface area contributed by atoms with Crippen molar-refractivity contribution in [3.63, 3.8) is 0 Å². The minimum absolute atomic E-state index is 0.214. The summed E-state index contributed by atoms with van der Waals surface area (Å²) in [5.41, 5.74) is -0.00720. The second-order valence-electron chi connectivity index (χ2n) is 6.87. The van der Waals surface area contributed by atoms with Crippen LogP contribution >= 0.6 is 11.6 Å². The van der Waals surface area contributed by atoms with Crippen molar-refractivity contribution >= 4 is 23.3 Å². The van der Waals surface area contributed by atoms with Crippen LogP contribution in [0.4, 0.5) is 28.0 Å². The molecule has 2 aromatic rings. The quantitative estimate of drug-likeness (QED) is 0.676. The first-order valence-electron chi connectivity index (χ1n) is 8.43. The molecule has 1 N–H and O–H groups in total. The van der Waals surface area contributed by atoms with Crippen LogP contribution < -0.4 is 5.32 Å². The Morgan fingerprint density at radius 1 is 1.15 bits per heavy atom. The first-order valence-corrected chi connectivity index (χ1v) is 8.81. The van der Waals surface area contributed by atoms with Crippen LogP contribution in [0.25, 0.3) is 0 Å². The predicted octanol–water partition coefficient (Wildman–Crippen LogP) is 5.54. The standard InChI is InChI=1S/C19H15ClF4N2O/c20-13-5-8-16-15(9-13)19(11-1-2-11,12-3-6-14(21)7-4-12)26(17(27)25-16)10-18(22,23)24/h3-9,11H,1-2,10H2,(H,25,27). The number of nitrogens with zero attached hydrogens (tertiary/aromatic N) is 1. The molecule has 1 unspecified atom stereocenters. The van der Waals surface area contributed by atoms with Crippen molar-refractivity contribution < 1.29 is 22.4 Å². The number of fused-ring (bicyclic) bond motifs is 1. The summed E-state index contributed by atoms with van der Waals surface area (Å²) in [6, 6.07) is 9.19. The number of nitrogens with one attached hydrogen (secondary N) is 1. The molecule has 2 aliphatic rings. The lowest BCUT2D eigenvalue weighted by Crippen LogP contribution is -2.59. The zero-order valence-corrected chi connectivity index (χ0v) is 14.7. The number of anilines is 1. The van der Waals surface area contributed by atoms with Gasteiger partial charge in [-0.05, 0) is 54.7 Å². The molecule has 2 aromatic carbocycles. The summed E-state index contributed by atoms with van der Waals surface area (Å²) in [5.74, 6) is -0.716. The minimum Gasteiger partial charge on any atom is -0.307 e. The summed E-state index contributed by atoms with van der Waals surface area (Å²) in [6.45, 7) is -1.42. The fraction of sp³-hybridized carbons (Fsp3) is 0.316. The lowest BCUT2D eigenvalue weighted by Gasteiger charge is -2.49. The van der Waals surface area contributed by atoms with Gasteiger partial charge < -0.3 is 10.2 Å². The maximum atomic E-state index is 13.5. The number of hydrogen-bond acceptors (Lipinski definition) is 1. The third-order valence-corrected chi connectivity index (χ3v) is 5.33. The smallest absolute Gasteiger partial charge is 0.307 e. The number of rotatable bonds is 3. The van der Waals surface area contributed by atoms with Gasteiger partial charge in [-0.1, -0.05) is 23.7 Å². The Hall–Kier alpha value is -2.28. The fourth-order valence-corrected chi connectivity index (χ4v) is 4.17. The van der Waals surface area contributed by atoms with Crippen LogP contribution in [0.15, 0.2) is 42.5 Å². The van der Waals surface area contributed by atoms with Crippen LogP contribution in [0.5, 0.6) is 0 Å². The largest absolute Gasteiger partial charge is 0.406 e. The lowest BCUT2D eigenvalue weighted by atomic mass is 9.75. The highest BCUT2D eigenvalue weighted by molar-refractivity contribution is 6.30. The van der Waals surface area contributed by atoms with Crippen LogP contribution in [0.3, 0.4) is 0 Å². The van der Waals surface area contributed by atoms with Crippen LogP contribution in [0.1, 0.15) is 24.0 Å². The maximum absolute atomic E-state index is 13.5. The van der Waals surface area contributed by atoms with Crippen molar-refractivity contribution in [3.8, 4) is 0 Å². The van der Waals surface area contributed by atoms with Crippen molar-refractivity contribution in [3.05, 3.63) is 64.4 Å². The third-order valence-electron chi connectivity index (χ3n) is 5.09. The van der Waals surface area contributed by atoms with Gasteiger partial charge in [-0.25, -0.2) is 9.18 Å². The third kappa shape index (κ3) is 3.04. The predicted molar refractivity (Wildman–Crippen MR) is 93.1 cm³/mol. The van der Waals surface area contributed by atoms with E-state index in [2.05, 4.69) is 5.32 Å². The number of urea groups is 1. The van der Waals surface area contributed by atoms with Crippen molar-refractivity contribution in [2.75, 3.05) is 11.9 Å². The molecule has 1 aliphatic heterocycles. The van der Waals surface area contributed by atoms with Gasteiger partial charge in [0.05, 0.1) is 0 Å². The Balaban J connectivity index is 2.01. The summed E-state index contributed by atoms with van der Waals surface area (Å²) in [6.07, 6.45) is -3.27. The van der Waals surface area contributed by atoms with Gasteiger partial charge in [0, 0.05) is 16.3 Å². The van der Waals surface area contributed by atoms with E-state index in [0.29, 0.717) is 34.7 Å². The number of carbonyl (C=O) groups excluding carboxylic acids is 1. The van der Waals surface area contributed by atoms with Crippen molar-refractivity contribution in [2.45, 2.75) is 24.6 Å². The van der Waals surface area contributed by atoms with E-state index in [-0.39, 0.29) is 5.92 Å².